The number of hydrogen-bond donors (Lipinski definition) is 0. The molecule has 2 aromatic rings. The van der Waals surface area contributed by atoms with Gasteiger partial charge in [0.25, 0.3) is 5.91 Å². The van der Waals surface area contributed by atoms with E-state index in [1.807, 2.05) is 28.6 Å². The number of aryl methyl sites for hydroxylation is 1. The highest BCUT2D eigenvalue weighted by Gasteiger charge is 2.37. The topological polar surface area (TPSA) is 64.4 Å². The van der Waals surface area contributed by atoms with Gasteiger partial charge in [-0.05, 0) is 63.6 Å². The monoisotopic (exact) mass is 409 g/mol. The molecule has 1 aliphatic carbocycles. The standard InChI is InChI=1S/C24H31N3O3/c1-4-20-21(23(28)26-13-7-9-18(15-26)24(29)30-5-2)22(17-11-12-17)25-27(20)19-10-6-8-16(3)14-19/h6,8,10,14,17-18H,4-5,7,9,11-13,15H2,1-3H3/t18-/m1/s1. The van der Waals surface area contributed by atoms with Gasteiger partial charge in [-0.2, -0.15) is 5.10 Å². The highest BCUT2D eigenvalue weighted by atomic mass is 16.5. The van der Waals surface area contributed by atoms with Gasteiger partial charge in [0.2, 0.25) is 0 Å². The lowest BCUT2D eigenvalue weighted by molar-refractivity contribution is -0.149. The second-order valence-electron chi connectivity index (χ2n) is 8.43. The van der Waals surface area contributed by atoms with Crippen molar-refractivity contribution in [3.05, 3.63) is 46.8 Å². The van der Waals surface area contributed by atoms with Crippen molar-refractivity contribution in [2.24, 2.45) is 5.92 Å². The molecule has 1 saturated heterocycles. The summed E-state index contributed by atoms with van der Waals surface area (Å²) in [4.78, 5) is 27.8. The van der Waals surface area contributed by atoms with Crippen molar-refractivity contribution in [2.45, 2.75) is 58.8 Å². The third-order valence-corrected chi connectivity index (χ3v) is 6.10. The van der Waals surface area contributed by atoms with Gasteiger partial charge >= 0.3 is 5.97 Å². The lowest BCUT2D eigenvalue weighted by atomic mass is 9.96. The van der Waals surface area contributed by atoms with E-state index < -0.39 is 0 Å². The van der Waals surface area contributed by atoms with Crippen molar-refractivity contribution in [1.82, 2.24) is 14.7 Å². The molecule has 1 aliphatic heterocycles. The first-order valence-electron chi connectivity index (χ1n) is 11.2. The second-order valence-corrected chi connectivity index (χ2v) is 8.43. The normalized spacial score (nSPS) is 19.0. The van der Waals surface area contributed by atoms with E-state index in [1.54, 1.807) is 0 Å². The maximum Gasteiger partial charge on any atom is 0.310 e. The van der Waals surface area contributed by atoms with Crippen LogP contribution in [0.4, 0.5) is 0 Å². The van der Waals surface area contributed by atoms with E-state index in [1.165, 1.54) is 5.56 Å². The number of rotatable bonds is 6. The van der Waals surface area contributed by atoms with E-state index in [0.29, 0.717) is 25.6 Å². The van der Waals surface area contributed by atoms with E-state index in [0.717, 1.165) is 54.7 Å². The number of piperidine rings is 1. The van der Waals surface area contributed by atoms with Crippen molar-refractivity contribution in [3.8, 4) is 5.69 Å². The summed E-state index contributed by atoms with van der Waals surface area (Å²) in [6.07, 6.45) is 4.49. The molecule has 6 nitrogen and oxygen atoms in total. The molecule has 2 aliphatic rings. The summed E-state index contributed by atoms with van der Waals surface area (Å²) in [7, 11) is 0. The lowest BCUT2D eigenvalue weighted by Crippen LogP contribution is -2.43. The minimum absolute atomic E-state index is 0.0154. The molecule has 6 heteroatoms. The Kier molecular flexibility index (Phi) is 5.93. The van der Waals surface area contributed by atoms with Gasteiger partial charge in [-0.15, -0.1) is 0 Å². The van der Waals surface area contributed by atoms with Crippen molar-refractivity contribution in [1.29, 1.82) is 0 Å². The van der Waals surface area contributed by atoms with Gasteiger partial charge in [-0.3, -0.25) is 9.59 Å². The molecule has 0 radical (unpaired) electrons. The van der Waals surface area contributed by atoms with Crippen LogP contribution in [0, 0.1) is 12.8 Å². The predicted octanol–water partition coefficient (Wildman–Crippen LogP) is 4.04. The van der Waals surface area contributed by atoms with Crippen LogP contribution >= 0.6 is 0 Å². The fourth-order valence-electron chi connectivity index (χ4n) is 4.42. The van der Waals surface area contributed by atoms with Crippen LogP contribution in [0.1, 0.15) is 72.8 Å². The quantitative estimate of drug-likeness (QED) is 0.676. The van der Waals surface area contributed by atoms with Gasteiger partial charge in [-0.25, -0.2) is 4.68 Å². The largest absolute Gasteiger partial charge is 0.466 e. The van der Waals surface area contributed by atoms with Crippen molar-refractivity contribution in [2.75, 3.05) is 19.7 Å². The molecule has 4 rings (SSSR count). The van der Waals surface area contributed by atoms with Gasteiger partial charge in [0.15, 0.2) is 0 Å². The molecule has 160 valence electrons. The zero-order chi connectivity index (χ0) is 21.3. The van der Waals surface area contributed by atoms with Crippen LogP contribution in [0.2, 0.25) is 0 Å². The lowest BCUT2D eigenvalue weighted by Gasteiger charge is -2.31. The van der Waals surface area contributed by atoms with Crippen LogP contribution in [0.15, 0.2) is 24.3 Å². The zero-order valence-electron chi connectivity index (χ0n) is 18.2. The van der Waals surface area contributed by atoms with E-state index in [-0.39, 0.29) is 17.8 Å². The smallest absolute Gasteiger partial charge is 0.310 e. The molecule has 0 N–H and O–H groups in total. The van der Waals surface area contributed by atoms with Crippen molar-refractivity contribution >= 4 is 11.9 Å². The maximum absolute atomic E-state index is 13.7. The molecule has 1 amide bonds. The van der Waals surface area contributed by atoms with Gasteiger partial charge in [-0.1, -0.05) is 19.1 Å². The predicted molar refractivity (Wildman–Crippen MR) is 115 cm³/mol. The molecular weight excluding hydrogens is 378 g/mol. The summed E-state index contributed by atoms with van der Waals surface area (Å²) in [5.74, 6) is -0.0416. The molecule has 0 spiro atoms. The molecule has 2 heterocycles. The van der Waals surface area contributed by atoms with Gasteiger partial charge in [0.05, 0.1) is 35.2 Å². The van der Waals surface area contributed by atoms with Gasteiger partial charge in [0.1, 0.15) is 0 Å². The average molecular weight is 410 g/mol. The Labute approximate surface area is 178 Å². The summed E-state index contributed by atoms with van der Waals surface area (Å²) in [5, 5.41) is 4.93. The molecule has 1 aromatic heterocycles. The van der Waals surface area contributed by atoms with E-state index >= 15 is 0 Å². The Morgan fingerprint density at radius 2 is 2.00 bits per heavy atom. The molecule has 1 aromatic carbocycles. The number of esters is 1. The molecular formula is C24H31N3O3. The number of amides is 1. The average Bonchev–Trinajstić information content (AvgIpc) is 3.53. The Balaban J connectivity index is 1.69. The highest BCUT2D eigenvalue weighted by molar-refractivity contribution is 5.97. The fraction of sp³-hybridized carbons (Fsp3) is 0.542. The Bertz CT molecular complexity index is 945. The summed E-state index contributed by atoms with van der Waals surface area (Å²) in [5.41, 5.74) is 4.81. The number of likely N-dealkylation sites (tertiary alicyclic amines) is 1. The SMILES string of the molecule is CCOC(=O)[C@@H]1CCCN(C(=O)c2c(C3CC3)nn(-c3cccc(C)c3)c2CC)C1. The van der Waals surface area contributed by atoms with E-state index in [4.69, 9.17) is 9.84 Å². The third kappa shape index (κ3) is 4.00. The number of aromatic nitrogens is 2. The van der Waals surface area contributed by atoms with Crippen LogP contribution in [0.3, 0.4) is 0 Å². The number of carbonyl (C=O) groups is 2. The maximum atomic E-state index is 13.7. The number of nitrogens with zero attached hydrogens (tertiary/aromatic N) is 3. The Hall–Kier alpha value is -2.63. The van der Waals surface area contributed by atoms with Crippen molar-refractivity contribution in [3.63, 3.8) is 0 Å². The van der Waals surface area contributed by atoms with Gasteiger partial charge < -0.3 is 9.64 Å². The van der Waals surface area contributed by atoms with Crippen LogP contribution in [-0.4, -0.2) is 46.3 Å². The molecule has 1 saturated carbocycles. The molecule has 30 heavy (non-hydrogen) atoms. The summed E-state index contributed by atoms with van der Waals surface area (Å²) >= 11 is 0. The first kappa shape index (κ1) is 20.6. The number of benzene rings is 1. The Morgan fingerprint density at radius 1 is 1.20 bits per heavy atom. The summed E-state index contributed by atoms with van der Waals surface area (Å²) < 4.78 is 7.17. The Morgan fingerprint density at radius 3 is 2.67 bits per heavy atom. The second kappa shape index (κ2) is 8.62. The van der Waals surface area contributed by atoms with Gasteiger partial charge in [0, 0.05) is 19.0 Å². The minimum atomic E-state index is -0.232. The van der Waals surface area contributed by atoms with Crippen molar-refractivity contribution < 1.29 is 14.3 Å². The van der Waals surface area contributed by atoms with Crippen LogP contribution in [-0.2, 0) is 16.0 Å². The minimum Gasteiger partial charge on any atom is -0.466 e. The molecule has 2 fully saturated rings. The van der Waals surface area contributed by atoms with E-state index in [2.05, 4.69) is 26.0 Å². The van der Waals surface area contributed by atoms with Crippen LogP contribution < -0.4 is 0 Å². The summed E-state index contributed by atoms with van der Waals surface area (Å²) in [6, 6.07) is 8.24. The first-order chi connectivity index (χ1) is 14.5. The molecule has 1 atom stereocenters. The highest BCUT2D eigenvalue weighted by Crippen LogP contribution is 2.42. The third-order valence-electron chi connectivity index (χ3n) is 6.10. The van der Waals surface area contributed by atoms with E-state index in [9.17, 15) is 9.59 Å². The number of carbonyl (C=O) groups excluding carboxylic acids is 2. The molecule has 0 unspecified atom stereocenters. The fourth-order valence-corrected chi connectivity index (χ4v) is 4.42. The number of ether oxygens (including phenoxy) is 1. The number of hydrogen-bond acceptors (Lipinski definition) is 4. The van der Waals surface area contributed by atoms with Crippen LogP contribution in [0.5, 0.6) is 0 Å². The molecule has 0 bridgehead atoms. The summed E-state index contributed by atoms with van der Waals surface area (Å²) in [6.45, 7) is 7.44. The first-order valence-corrected chi connectivity index (χ1v) is 11.2. The van der Waals surface area contributed by atoms with Crippen LogP contribution in [0.25, 0.3) is 5.69 Å². The zero-order valence-corrected chi connectivity index (χ0v) is 18.2.